The second kappa shape index (κ2) is 4.37. The van der Waals surface area contributed by atoms with E-state index in [1.54, 1.807) is 11.6 Å². The van der Waals surface area contributed by atoms with Crippen molar-refractivity contribution in [3.05, 3.63) is 17.0 Å². The number of fused-ring (bicyclic) bond motifs is 1. The van der Waals surface area contributed by atoms with Crippen LogP contribution in [0.2, 0.25) is 5.15 Å². The molecule has 0 unspecified atom stereocenters. The lowest BCUT2D eigenvalue weighted by Crippen LogP contribution is -2.40. The number of hydrogen-bond donors (Lipinski definition) is 1. The second-order valence-electron chi connectivity index (χ2n) is 4.52. The predicted molar refractivity (Wildman–Crippen MR) is 68.0 cm³/mol. The van der Waals surface area contributed by atoms with Gasteiger partial charge in [-0.3, -0.25) is 0 Å². The van der Waals surface area contributed by atoms with Crippen LogP contribution in [0, 0.1) is 6.92 Å². The van der Waals surface area contributed by atoms with Gasteiger partial charge in [-0.05, 0) is 19.8 Å². The van der Waals surface area contributed by atoms with Gasteiger partial charge in [-0.2, -0.15) is 19.6 Å². The summed E-state index contributed by atoms with van der Waals surface area (Å²) in [7, 11) is 1.74. The first-order valence-electron chi connectivity index (χ1n) is 5.84. The van der Waals surface area contributed by atoms with E-state index in [2.05, 4.69) is 20.4 Å². The first kappa shape index (κ1) is 11.7. The van der Waals surface area contributed by atoms with Gasteiger partial charge in [0.15, 0.2) is 0 Å². The monoisotopic (exact) mass is 267 g/mol. The Hall–Kier alpha value is -1.40. The van der Waals surface area contributed by atoms with Crippen molar-refractivity contribution in [1.29, 1.82) is 0 Å². The Balaban J connectivity index is 1.91. The highest BCUT2D eigenvalue weighted by Crippen LogP contribution is 2.29. The van der Waals surface area contributed by atoms with Crippen LogP contribution >= 0.6 is 11.6 Å². The largest absolute Gasteiger partial charge is 0.381 e. The van der Waals surface area contributed by atoms with E-state index in [0.29, 0.717) is 23.1 Å². The van der Waals surface area contributed by atoms with E-state index in [-0.39, 0.29) is 0 Å². The first-order chi connectivity index (χ1) is 8.69. The molecule has 1 aliphatic rings. The average molecular weight is 268 g/mol. The molecule has 2 aromatic heterocycles. The maximum absolute atomic E-state index is 6.09. The van der Waals surface area contributed by atoms with Gasteiger partial charge in [0.2, 0.25) is 0 Å². The lowest BCUT2D eigenvalue weighted by molar-refractivity contribution is 0.0327. The lowest BCUT2D eigenvalue weighted by Gasteiger charge is -2.35. The molecule has 0 amide bonds. The van der Waals surface area contributed by atoms with Crippen molar-refractivity contribution in [2.45, 2.75) is 31.9 Å². The third kappa shape index (κ3) is 1.81. The summed E-state index contributed by atoms with van der Waals surface area (Å²) >= 11 is 6.09. The molecule has 1 fully saturated rings. The van der Waals surface area contributed by atoms with Gasteiger partial charge in [-0.15, -0.1) is 0 Å². The summed E-state index contributed by atoms with van der Waals surface area (Å²) in [6.45, 7) is 1.92. The third-order valence-electron chi connectivity index (χ3n) is 3.37. The van der Waals surface area contributed by atoms with Gasteiger partial charge in [-0.25, -0.2) is 0 Å². The summed E-state index contributed by atoms with van der Waals surface area (Å²) < 4.78 is 6.95. The second-order valence-corrected chi connectivity index (χ2v) is 4.88. The minimum Gasteiger partial charge on any atom is -0.381 e. The highest BCUT2D eigenvalue weighted by Gasteiger charge is 2.30. The van der Waals surface area contributed by atoms with Crippen molar-refractivity contribution in [2.24, 2.45) is 0 Å². The van der Waals surface area contributed by atoms with E-state index in [4.69, 9.17) is 16.3 Å². The Kier molecular flexibility index (Phi) is 2.83. The van der Waals surface area contributed by atoms with Crippen LogP contribution in [0.25, 0.3) is 5.78 Å². The molecule has 0 bridgehead atoms. The highest BCUT2D eigenvalue weighted by atomic mass is 35.5. The van der Waals surface area contributed by atoms with Crippen LogP contribution in [0.15, 0.2) is 6.33 Å². The fourth-order valence-corrected chi connectivity index (χ4v) is 2.30. The van der Waals surface area contributed by atoms with E-state index in [9.17, 15) is 0 Å². The summed E-state index contributed by atoms with van der Waals surface area (Å²) in [5.41, 5.74) is 0.885. The zero-order valence-electron chi connectivity index (χ0n) is 10.2. The van der Waals surface area contributed by atoms with Crippen molar-refractivity contribution in [2.75, 3.05) is 12.4 Å². The van der Waals surface area contributed by atoms with Gasteiger partial charge >= 0.3 is 0 Å². The lowest BCUT2D eigenvalue weighted by atomic mass is 9.89. The SMILES string of the molecule is COC1CC(Nc2c(C)c(Cl)nc3ncnn23)C1. The van der Waals surface area contributed by atoms with Crippen LogP contribution in [-0.2, 0) is 4.74 Å². The number of halogens is 1. The van der Waals surface area contributed by atoms with E-state index < -0.39 is 0 Å². The molecule has 18 heavy (non-hydrogen) atoms. The quantitative estimate of drug-likeness (QED) is 0.857. The van der Waals surface area contributed by atoms with Gasteiger partial charge in [0.05, 0.1) is 6.10 Å². The molecule has 0 atom stereocenters. The number of methoxy groups -OCH3 is 1. The fraction of sp³-hybridized carbons (Fsp3) is 0.545. The maximum atomic E-state index is 6.09. The molecule has 0 aliphatic heterocycles. The molecular formula is C11H14ClN5O. The number of hydrogen-bond acceptors (Lipinski definition) is 5. The van der Waals surface area contributed by atoms with Crippen LogP contribution in [0.4, 0.5) is 5.82 Å². The van der Waals surface area contributed by atoms with Gasteiger partial charge in [0.25, 0.3) is 5.78 Å². The molecule has 1 aliphatic carbocycles. The summed E-state index contributed by atoms with van der Waals surface area (Å²) in [4.78, 5) is 8.22. The molecule has 0 aromatic carbocycles. The van der Waals surface area contributed by atoms with Gasteiger partial charge in [-0.1, -0.05) is 11.6 Å². The number of nitrogens with zero attached hydrogens (tertiary/aromatic N) is 4. The Morgan fingerprint density at radius 1 is 1.50 bits per heavy atom. The zero-order valence-corrected chi connectivity index (χ0v) is 11.0. The van der Waals surface area contributed by atoms with Crippen molar-refractivity contribution < 1.29 is 4.74 Å². The van der Waals surface area contributed by atoms with Crippen molar-refractivity contribution in [3.8, 4) is 0 Å². The Bertz CT molecular complexity index is 578. The number of aromatic nitrogens is 4. The maximum Gasteiger partial charge on any atom is 0.255 e. The molecule has 1 saturated carbocycles. The highest BCUT2D eigenvalue weighted by molar-refractivity contribution is 6.30. The molecular weight excluding hydrogens is 254 g/mol. The summed E-state index contributed by atoms with van der Waals surface area (Å²) in [5, 5.41) is 8.06. The van der Waals surface area contributed by atoms with E-state index in [1.165, 1.54) is 6.33 Å². The van der Waals surface area contributed by atoms with Gasteiger partial charge in [0.1, 0.15) is 17.3 Å². The van der Waals surface area contributed by atoms with E-state index >= 15 is 0 Å². The van der Waals surface area contributed by atoms with Crippen molar-refractivity contribution in [1.82, 2.24) is 19.6 Å². The van der Waals surface area contributed by atoms with Crippen LogP contribution in [0.3, 0.4) is 0 Å². The summed E-state index contributed by atoms with van der Waals surface area (Å²) in [6.07, 6.45) is 3.81. The molecule has 1 N–H and O–H groups in total. The zero-order chi connectivity index (χ0) is 12.7. The van der Waals surface area contributed by atoms with Crippen LogP contribution in [0.1, 0.15) is 18.4 Å². The van der Waals surface area contributed by atoms with Crippen LogP contribution in [0.5, 0.6) is 0 Å². The Morgan fingerprint density at radius 3 is 3.00 bits per heavy atom. The Morgan fingerprint density at radius 2 is 2.28 bits per heavy atom. The van der Waals surface area contributed by atoms with E-state index in [0.717, 1.165) is 24.2 Å². The molecule has 2 heterocycles. The molecule has 7 heteroatoms. The van der Waals surface area contributed by atoms with Gasteiger partial charge in [0, 0.05) is 18.7 Å². The van der Waals surface area contributed by atoms with Crippen molar-refractivity contribution >= 4 is 23.2 Å². The number of anilines is 1. The predicted octanol–water partition coefficient (Wildman–Crippen LogP) is 1.68. The smallest absolute Gasteiger partial charge is 0.255 e. The van der Waals surface area contributed by atoms with Crippen LogP contribution in [-0.4, -0.2) is 38.8 Å². The van der Waals surface area contributed by atoms with Gasteiger partial charge < -0.3 is 10.1 Å². The molecule has 3 rings (SSSR count). The fourth-order valence-electron chi connectivity index (χ4n) is 2.14. The minimum absolute atomic E-state index is 0.353. The summed E-state index contributed by atoms with van der Waals surface area (Å²) in [5.74, 6) is 1.37. The molecule has 0 saturated heterocycles. The molecule has 6 nitrogen and oxygen atoms in total. The topological polar surface area (TPSA) is 64.3 Å². The number of rotatable bonds is 3. The van der Waals surface area contributed by atoms with Crippen LogP contribution < -0.4 is 5.32 Å². The molecule has 0 spiro atoms. The normalized spacial score (nSPS) is 23.1. The number of ether oxygens (including phenoxy) is 1. The summed E-state index contributed by atoms with van der Waals surface area (Å²) in [6, 6.07) is 0.388. The minimum atomic E-state index is 0.353. The molecule has 0 radical (unpaired) electrons. The Labute approximate surface area is 109 Å². The van der Waals surface area contributed by atoms with Crippen molar-refractivity contribution in [3.63, 3.8) is 0 Å². The average Bonchev–Trinajstić information content (AvgIpc) is 2.74. The number of nitrogens with one attached hydrogen (secondary N) is 1. The molecule has 96 valence electrons. The third-order valence-corrected chi connectivity index (χ3v) is 3.74. The first-order valence-corrected chi connectivity index (χ1v) is 6.22. The molecule has 2 aromatic rings. The van der Waals surface area contributed by atoms with E-state index in [1.807, 2.05) is 6.92 Å². The standard InChI is InChI=1S/C11H14ClN5O/c1-6-9(12)16-11-13-5-14-17(11)10(6)15-7-3-8(4-7)18-2/h5,7-8,15H,3-4H2,1-2H3.